The van der Waals surface area contributed by atoms with Gasteiger partial charge in [-0.2, -0.15) is 13.2 Å². The van der Waals surface area contributed by atoms with Crippen LogP contribution in [0.5, 0.6) is 0 Å². The van der Waals surface area contributed by atoms with E-state index < -0.39 is 11.7 Å². The first-order valence-corrected chi connectivity index (χ1v) is 9.31. The topological polar surface area (TPSA) is 46.4 Å². The van der Waals surface area contributed by atoms with E-state index in [9.17, 15) is 18.0 Å². The van der Waals surface area contributed by atoms with Gasteiger partial charge in [-0.05, 0) is 42.3 Å². The molecular weight excluding hydrogens is 391 g/mol. The quantitative estimate of drug-likeness (QED) is 0.483. The number of para-hydroxylation sites is 1. The number of amides is 1. The summed E-state index contributed by atoms with van der Waals surface area (Å²) < 4.78 is 40.0. The zero-order chi connectivity index (χ0) is 21.3. The number of rotatable bonds is 4. The molecule has 0 aliphatic heterocycles. The molecule has 0 unspecified atom stereocenters. The fraction of sp³-hybridized carbons (Fsp3) is 0.130. The van der Waals surface area contributed by atoms with Crippen molar-refractivity contribution in [2.24, 2.45) is 0 Å². The lowest BCUT2D eigenvalue weighted by Crippen LogP contribution is -2.15. The lowest BCUT2D eigenvalue weighted by atomic mass is 10.1. The largest absolute Gasteiger partial charge is 0.416 e. The Morgan fingerprint density at radius 1 is 1.03 bits per heavy atom. The highest BCUT2D eigenvalue weighted by Gasteiger charge is 2.30. The van der Waals surface area contributed by atoms with Gasteiger partial charge < -0.3 is 9.72 Å². The van der Waals surface area contributed by atoms with E-state index in [1.54, 1.807) is 12.1 Å². The van der Waals surface area contributed by atoms with Crippen molar-refractivity contribution in [1.82, 2.24) is 9.38 Å². The molecule has 152 valence electrons. The molecule has 0 bridgehead atoms. The van der Waals surface area contributed by atoms with Crippen molar-refractivity contribution >= 4 is 17.2 Å². The molecule has 2 aromatic heterocycles. The molecule has 0 aliphatic rings. The normalized spacial score (nSPS) is 11.6. The summed E-state index contributed by atoms with van der Waals surface area (Å²) >= 11 is 0. The van der Waals surface area contributed by atoms with Gasteiger partial charge in [-0.1, -0.05) is 36.4 Å². The van der Waals surface area contributed by atoms with Gasteiger partial charge >= 0.3 is 6.18 Å². The third-order valence-corrected chi connectivity index (χ3v) is 4.80. The number of nitrogens with zero attached hydrogens (tertiary/aromatic N) is 2. The van der Waals surface area contributed by atoms with Crippen LogP contribution in [0, 0.1) is 6.92 Å². The minimum Gasteiger partial charge on any atom is -0.325 e. The maximum absolute atomic E-state index is 12.7. The average molecular weight is 409 g/mol. The molecule has 1 N–H and O–H groups in total. The Hall–Kier alpha value is -3.61. The van der Waals surface area contributed by atoms with Gasteiger partial charge in [-0.25, -0.2) is 4.98 Å². The van der Waals surface area contributed by atoms with Crippen molar-refractivity contribution in [3.05, 3.63) is 89.7 Å². The van der Waals surface area contributed by atoms with Crippen LogP contribution in [0.3, 0.4) is 0 Å². The van der Waals surface area contributed by atoms with E-state index >= 15 is 0 Å². The fourth-order valence-electron chi connectivity index (χ4n) is 3.29. The first-order valence-electron chi connectivity index (χ1n) is 9.31. The van der Waals surface area contributed by atoms with Gasteiger partial charge in [0.2, 0.25) is 5.91 Å². The fourth-order valence-corrected chi connectivity index (χ4v) is 3.29. The van der Waals surface area contributed by atoms with E-state index in [1.165, 1.54) is 12.1 Å². The molecule has 1 amide bonds. The Morgan fingerprint density at radius 2 is 1.77 bits per heavy atom. The second kappa shape index (κ2) is 7.67. The molecule has 4 rings (SSSR count). The molecule has 0 fully saturated rings. The van der Waals surface area contributed by atoms with Crippen molar-refractivity contribution in [2.45, 2.75) is 19.5 Å². The number of benzene rings is 2. The van der Waals surface area contributed by atoms with E-state index in [4.69, 9.17) is 0 Å². The summed E-state index contributed by atoms with van der Waals surface area (Å²) in [5.41, 5.74) is 3.71. The Kier molecular flexibility index (Phi) is 5.03. The minimum atomic E-state index is -4.40. The van der Waals surface area contributed by atoms with Crippen LogP contribution in [0.15, 0.2) is 73.1 Å². The zero-order valence-electron chi connectivity index (χ0n) is 16.1. The molecule has 0 saturated heterocycles. The van der Waals surface area contributed by atoms with E-state index in [0.717, 1.165) is 34.6 Å². The maximum atomic E-state index is 12.7. The lowest BCUT2D eigenvalue weighted by molar-refractivity contribution is -0.137. The number of hydrogen-bond donors (Lipinski definition) is 1. The van der Waals surface area contributed by atoms with Crippen LogP contribution in [0.1, 0.15) is 16.7 Å². The van der Waals surface area contributed by atoms with Crippen LogP contribution in [-0.2, 0) is 17.4 Å². The van der Waals surface area contributed by atoms with E-state index in [-0.39, 0.29) is 12.3 Å². The third kappa shape index (κ3) is 4.05. The second-order valence-electron chi connectivity index (χ2n) is 7.01. The molecule has 7 heteroatoms. The summed E-state index contributed by atoms with van der Waals surface area (Å²) in [6.45, 7) is 1.98. The Bertz CT molecular complexity index is 1210. The maximum Gasteiger partial charge on any atom is 0.416 e. The monoisotopic (exact) mass is 409 g/mol. The van der Waals surface area contributed by atoms with E-state index in [1.807, 2.05) is 48.0 Å². The molecular formula is C23H18F3N3O. The third-order valence-electron chi connectivity index (χ3n) is 4.80. The minimum absolute atomic E-state index is 0.0310. The molecule has 0 saturated carbocycles. The highest BCUT2D eigenvalue weighted by atomic mass is 19.4. The summed E-state index contributed by atoms with van der Waals surface area (Å²) in [7, 11) is 0. The summed E-state index contributed by atoms with van der Waals surface area (Å²) in [5, 5.41) is 2.85. The smallest absolute Gasteiger partial charge is 0.325 e. The second-order valence-corrected chi connectivity index (χ2v) is 7.01. The highest BCUT2D eigenvalue weighted by molar-refractivity contribution is 5.96. The van der Waals surface area contributed by atoms with Crippen molar-refractivity contribution in [2.75, 3.05) is 5.32 Å². The van der Waals surface area contributed by atoms with Crippen LogP contribution in [0.25, 0.3) is 16.9 Å². The van der Waals surface area contributed by atoms with Gasteiger partial charge in [0.05, 0.1) is 23.4 Å². The van der Waals surface area contributed by atoms with Gasteiger partial charge in [0.1, 0.15) is 5.65 Å². The zero-order valence-corrected chi connectivity index (χ0v) is 16.1. The first kappa shape index (κ1) is 19.7. The lowest BCUT2D eigenvalue weighted by Gasteiger charge is -2.10. The van der Waals surface area contributed by atoms with Crippen LogP contribution in [0.4, 0.5) is 18.9 Å². The number of carbonyl (C=O) groups is 1. The molecule has 0 spiro atoms. The number of fused-ring (bicyclic) bond motifs is 1. The van der Waals surface area contributed by atoms with Crippen molar-refractivity contribution in [1.29, 1.82) is 0 Å². The molecule has 30 heavy (non-hydrogen) atoms. The van der Waals surface area contributed by atoms with Crippen LogP contribution < -0.4 is 5.32 Å². The molecule has 4 nitrogen and oxygen atoms in total. The van der Waals surface area contributed by atoms with E-state index in [0.29, 0.717) is 11.3 Å². The molecule has 0 atom stereocenters. The molecule has 0 aliphatic carbocycles. The van der Waals surface area contributed by atoms with Crippen molar-refractivity contribution in [3.63, 3.8) is 0 Å². The molecule has 2 heterocycles. The SMILES string of the molecule is Cc1cccn2cc(-c3ccccc3NC(=O)Cc3ccc(C(F)(F)F)cc3)nc12. The number of imidazole rings is 1. The predicted octanol–water partition coefficient (Wildman–Crippen LogP) is 5.51. The van der Waals surface area contributed by atoms with Crippen molar-refractivity contribution < 1.29 is 18.0 Å². The number of nitrogens with one attached hydrogen (secondary N) is 1. The summed E-state index contributed by atoms with van der Waals surface area (Å²) in [6.07, 6.45) is -0.628. The number of hydrogen-bond acceptors (Lipinski definition) is 2. The summed E-state index contributed by atoms with van der Waals surface area (Å²) in [5.74, 6) is -0.317. The highest BCUT2D eigenvalue weighted by Crippen LogP contribution is 2.30. The Morgan fingerprint density at radius 3 is 2.47 bits per heavy atom. The summed E-state index contributed by atoms with van der Waals surface area (Å²) in [6, 6.07) is 15.8. The molecule has 4 aromatic rings. The van der Waals surface area contributed by atoms with Gasteiger partial charge in [0.25, 0.3) is 0 Å². The summed E-state index contributed by atoms with van der Waals surface area (Å²) in [4.78, 5) is 17.2. The number of carbonyl (C=O) groups excluding carboxylic acids is 1. The van der Waals surface area contributed by atoms with Crippen LogP contribution >= 0.6 is 0 Å². The van der Waals surface area contributed by atoms with Gasteiger partial charge in [0, 0.05) is 18.0 Å². The number of alkyl halides is 3. The van der Waals surface area contributed by atoms with Gasteiger partial charge in [0.15, 0.2) is 0 Å². The number of halogens is 3. The van der Waals surface area contributed by atoms with Gasteiger partial charge in [-0.15, -0.1) is 0 Å². The number of anilines is 1. The first-order chi connectivity index (χ1) is 14.3. The standard InChI is InChI=1S/C23H18F3N3O/c1-15-5-4-12-29-14-20(28-22(15)29)18-6-2-3-7-19(18)27-21(30)13-16-8-10-17(11-9-16)23(24,25)26/h2-12,14H,13H2,1H3,(H,27,30). The molecule has 2 aromatic carbocycles. The van der Waals surface area contributed by atoms with E-state index in [2.05, 4.69) is 10.3 Å². The predicted molar refractivity (Wildman–Crippen MR) is 109 cm³/mol. The number of pyridine rings is 1. The van der Waals surface area contributed by atoms with Crippen LogP contribution in [-0.4, -0.2) is 15.3 Å². The Labute approximate surface area is 171 Å². The molecule has 0 radical (unpaired) electrons. The number of aromatic nitrogens is 2. The van der Waals surface area contributed by atoms with Crippen LogP contribution in [0.2, 0.25) is 0 Å². The Balaban J connectivity index is 1.55. The van der Waals surface area contributed by atoms with Crippen molar-refractivity contribution in [3.8, 4) is 11.3 Å². The number of aryl methyl sites for hydroxylation is 1. The van der Waals surface area contributed by atoms with Gasteiger partial charge in [-0.3, -0.25) is 4.79 Å². The average Bonchev–Trinajstić information content (AvgIpc) is 3.13.